The molecule has 1 saturated heterocycles. The van der Waals surface area contributed by atoms with Gasteiger partial charge in [-0.25, -0.2) is 4.98 Å². The molecule has 114 valence electrons. The Morgan fingerprint density at radius 3 is 3.00 bits per heavy atom. The molecule has 2 atom stereocenters. The fourth-order valence-corrected chi connectivity index (χ4v) is 3.85. The molecule has 1 aliphatic carbocycles. The molecule has 5 heteroatoms. The lowest BCUT2D eigenvalue weighted by molar-refractivity contribution is 0.0684. The fraction of sp³-hybridized carbons (Fsp3) is 0.625. The highest BCUT2D eigenvalue weighted by Gasteiger charge is 2.39. The average molecular weight is 308 g/mol. The number of anilines is 1. The van der Waals surface area contributed by atoms with Crippen molar-refractivity contribution >= 4 is 23.3 Å². The Morgan fingerprint density at radius 1 is 1.38 bits per heavy atom. The zero-order valence-electron chi connectivity index (χ0n) is 12.4. The number of hydrogen-bond acceptors (Lipinski definition) is 3. The van der Waals surface area contributed by atoms with Crippen molar-refractivity contribution in [2.24, 2.45) is 5.92 Å². The van der Waals surface area contributed by atoms with Gasteiger partial charge in [0.2, 0.25) is 0 Å². The van der Waals surface area contributed by atoms with Crippen LogP contribution in [-0.4, -0.2) is 34.9 Å². The first-order valence-corrected chi connectivity index (χ1v) is 8.30. The first-order valence-electron chi connectivity index (χ1n) is 7.92. The molecule has 1 aliphatic heterocycles. The topological polar surface area (TPSA) is 45.2 Å². The molecular formula is C16H22ClN3O. The van der Waals surface area contributed by atoms with E-state index in [1.54, 1.807) is 6.07 Å². The van der Waals surface area contributed by atoms with Gasteiger partial charge in [0.15, 0.2) is 0 Å². The normalized spacial score (nSPS) is 24.8. The van der Waals surface area contributed by atoms with Crippen molar-refractivity contribution in [2.75, 3.05) is 18.4 Å². The minimum absolute atomic E-state index is 0.00541. The minimum atomic E-state index is -0.00541. The number of rotatable bonds is 3. The van der Waals surface area contributed by atoms with Crippen LogP contribution in [0.25, 0.3) is 0 Å². The van der Waals surface area contributed by atoms with Crippen LogP contribution >= 0.6 is 11.6 Å². The van der Waals surface area contributed by atoms with Crippen LogP contribution in [0.2, 0.25) is 5.02 Å². The second-order valence-electron chi connectivity index (χ2n) is 5.96. The number of amides is 1. The largest absolute Gasteiger partial charge is 0.370 e. The lowest BCUT2D eigenvalue weighted by atomic mass is 9.85. The zero-order valence-corrected chi connectivity index (χ0v) is 13.2. The Bertz CT molecular complexity index is 534. The summed E-state index contributed by atoms with van der Waals surface area (Å²) in [7, 11) is 0. The summed E-state index contributed by atoms with van der Waals surface area (Å²) in [5.74, 6) is 1.39. The molecular weight excluding hydrogens is 286 g/mol. The van der Waals surface area contributed by atoms with Gasteiger partial charge in [-0.05, 0) is 44.2 Å². The summed E-state index contributed by atoms with van der Waals surface area (Å²) in [5, 5.41) is 3.58. The van der Waals surface area contributed by atoms with Gasteiger partial charge in [-0.1, -0.05) is 24.4 Å². The predicted octanol–water partition coefficient (Wildman–Crippen LogP) is 3.57. The van der Waals surface area contributed by atoms with Crippen LogP contribution < -0.4 is 5.32 Å². The van der Waals surface area contributed by atoms with Gasteiger partial charge in [0.25, 0.3) is 5.91 Å². The lowest BCUT2D eigenvalue weighted by Crippen LogP contribution is -2.39. The number of aromatic nitrogens is 1. The molecule has 0 radical (unpaired) electrons. The molecule has 2 unspecified atom stereocenters. The zero-order chi connectivity index (χ0) is 14.8. The summed E-state index contributed by atoms with van der Waals surface area (Å²) in [4.78, 5) is 19.2. The van der Waals surface area contributed by atoms with Crippen molar-refractivity contribution in [3.8, 4) is 0 Å². The van der Waals surface area contributed by atoms with E-state index in [4.69, 9.17) is 11.6 Å². The van der Waals surface area contributed by atoms with Gasteiger partial charge in [0, 0.05) is 19.1 Å². The molecule has 1 amide bonds. The summed E-state index contributed by atoms with van der Waals surface area (Å²) in [5.41, 5.74) is 0.390. The maximum atomic E-state index is 12.8. The molecule has 3 rings (SSSR count). The van der Waals surface area contributed by atoms with Crippen molar-refractivity contribution in [1.82, 2.24) is 9.88 Å². The van der Waals surface area contributed by atoms with Crippen molar-refractivity contribution in [3.63, 3.8) is 0 Å². The summed E-state index contributed by atoms with van der Waals surface area (Å²) >= 11 is 6.21. The Labute approximate surface area is 130 Å². The smallest absolute Gasteiger partial charge is 0.274 e. The molecule has 2 aliphatic rings. The van der Waals surface area contributed by atoms with Gasteiger partial charge in [0.1, 0.15) is 11.5 Å². The number of fused-ring (bicyclic) bond motifs is 1. The maximum Gasteiger partial charge on any atom is 0.274 e. The molecule has 0 spiro atoms. The van der Waals surface area contributed by atoms with Gasteiger partial charge >= 0.3 is 0 Å². The van der Waals surface area contributed by atoms with Crippen LogP contribution in [-0.2, 0) is 0 Å². The van der Waals surface area contributed by atoms with Gasteiger partial charge in [-0.15, -0.1) is 0 Å². The molecule has 4 nitrogen and oxygen atoms in total. The highest BCUT2D eigenvalue weighted by atomic mass is 35.5. The van der Waals surface area contributed by atoms with E-state index in [0.29, 0.717) is 28.5 Å². The monoisotopic (exact) mass is 307 g/mol. The Morgan fingerprint density at radius 2 is 2.19 bits per heavy atom. The number of pyridine rings is 1. The third kappa shape index (κ3) is 2.86. The third-order valence-electron chi connectivity index (χ3n) is 4.68. The van der Waals surface area contributed by atoms with E-state index in [1.165, 1.54) is 19.3 Å². The average Bonchev–Trinajstić information content (AvgIpc) is 2.93. The SMILES string of the molecule is CCNc1ccc(Cl)c(C(=O)N2CCC3CCCCC32)n1. The quantitative estimate of drug-likeness (QED) is 0.928. The van der Waals surface area contributed by atoms with E-state index in [9.17, 15) is 4.79 Å². The molecule has 21 heavy (non-hydrogen) atoms. The first-order chi connectivity index (χ1) is 10.2. The summed E-state index contributed by atoms with van der Waals surface area (Å²) in [6.45, 7) is 3.62. The Hall–Kier alpha value is -1.29. The molecule has 1 aromatic heterocycles. The number of carbonyl (C=O) groups excluding carboxylic acids is 1. The van der Waals surface area contributed by atoms with Crippen LogP contribution in [0.1, 0.15) is 49.5 Å². The second-order valence-corrected chi connectivity index (χ2v) is 6.36. The molecule has 0 bridgehead atoms. The second kappa shape index (κ2) is 6.22. The van der Waals surface area contributed by atoms with Crippen molar-refractivity contribution < 1.29 is 4.79 Å². The molecule has 1 N–H and O–H groups in total. The molecule has 1 saturated carbocycles. The van der Waals surface area contributed by atoms with E-state index in [-0.39, 0.29) is 5.91 Å². The van der Waals surface area contributed by atoms with E-state index < -0.39 is 0 Å². The summed E-state index contributed by atoms with van der Waals surface area (Å²) in [6.07, 6.45) is 6.04. The number of nitrogens with zero attached hydrogens (tertiary/aromatic N) is 2. The minimum Gasteiger partial charge on any atom is -0.370 e. The van der Waals surface area contributed by atoms with Gasteiger partial charge in [0.05, 0.1) is 5.02 Å². The van der Waals surface area contributed by atoms with Crippen molar-refractivity contribution in [2.45, 2.75) is 45.1 Å². The van der Waals surface area contributed by atoms with Crippen LogP contribution in [0.4, 0.5) is 5.82 Å². The van der Waals surface area contributed by atoms with E-state index >= 15 is 0 Å². The number of nitrogens with one attached hydrogen (secondary N) is 1. The van der Waals surface area contributed by atoms with E-state index in [2.05, 4.69) is 10.3 Å². The molecule has 0 aromatic carbocycles. The number of likely N-dealkylation sites (tertiary alicyclic amines) is 1. The van der Waals surface area contributed by atoms with Gasteiger partial charge in [-0.3, -0.25) is 4.79 Å². The van der Waals surface area contributed by atoms with Crippen LogP contribution in [0.3, 0.4) is 0 Å². The van der Waals surface area contributed by atoms with Crippen molar-refractivity contribution in [1.29, 1.82) is 0 Å². The highest BCUT2D eigenvalue weighted by molar-refractivity contribution is 6.33. The Kier molecular flexibility index (Phi) is 4.34. The van der Waals surface area contributed by atoms with Crippen LogP contribution in [0, 0.1) is 5.92 Å². The standard InChI is InChI=1S/C16H22ClN3O/c1-2-18-14-8-7-12(17)15(19-14)16(21)20-10-9-11-5-3-4-6-13(11)20/h7-8,11,13H,2-6,9-10H2,1H3,(H,18,19). The van der Waals surface area contributed by atoms with E-state index in [1.807, 2.05) is 17.9 Å². The van der Waals surface area contributed by atoms with Gasteiger partial charge < -0.3 is 10.2 Å². The van der Waals surface area contributed by atoms with Gasteiger partial charge in [-0.2, -0.15) is 0 Å². The summed E-state index contributed by atoms with van der Waals surface area (Å²) < 4.78 is 0. The first kappa shape index (κ1) is 14.6. The fourth-order valence-electron chi connectivity index (χ4n) is 3.67. The lowest BCUT2D eigenvalue weighted by Gasteiger charge is -2.31. The van der Waals surface area contributed by atoms with Crippen molar-refractivity contribution in [3.05, 3.63) is 22.8 Å². The maximum absolute atomic E-state index is 12.8. The molecule has 2 heterocycles. The third-order valence-corrected chi connectivity index (χ3v) is 4.98. The molecule has 2 fully saturated rings. The highest BCUT2D eigenvalue weighted by Crippen LogP contribution is 2.37. The Balaban J connectivity index is 1.83. The van der Waals surface area contributed by atoms with Crippen LogP contribution in [0.5, 0.6) is 0 Å². The molecule has 1 aromatic rings. The predicted molar refractivity (Wildman–Crippen MR) is 84.8 cm³/mol. The van der Waals surface area contributed by atoms with E-state index in [0.717, 1.165) is 25.9 Å². The van der Waals surface area contributed by atoms with Crippen LogP contribution in [0.15, 0.2) is 12.1 Å². The number of carbonyl (C=O) groups is 1. The number of halogens is 1. The number of hydrogen-bond donors (Lipinski definition) is 1. The summed E-state index contributed by atoms with van der Waals surface area (Å²) in [6, 6.07) is 3.97.